The van der Waals surface area contributed by atoms with E-state index in [1.54, 1.807) is 0 Å². The molecule has 0 bridgehead atoms. The van der Waals surface area contributed by atoms with Crippen LogP contribution < -0.4 is 0 Å². The van der Waals surface area contributed by atoms with Crippen molar-refractivity contribution in [3.05, 3.63) is 44.4 Å². The topological polar surface area (TPSA) is 20.7 Å². The number of hydrogen-bond donors (Lipinski definition) is 1. The Morgan fingerprint density at radius 3 is 2.19 bits per heavy atom. The second-order valence-corrected chi connectivity index (χ2v) is 5.14. The summed E-state index contributed by atoms with van der Waals surface area (Å²) in [5, 5.41) is 0. The number of aromatic amines is 1. The van der Waals surface area contributed by atoms with E-state index >= 15 is 0 Å². The van der Waals surface area contributed by atoms with Crippen LogP contribution >= 0.6 is 28.1 Å². The van der Waals surface area contributed by atoms with E-state index in [-0.39, 0.29) is 0 Å². The monoisotopic (exact) mass is 296 g/mol. The van der Waals surface area contributed by atoms with E-state index in [2.05, 4.69) is 46.9 Å². The Kier molecular flexibility index (Phi) is 3.04. The molecule has 2 aromatic rings. The van der Waals surface area contributed by atoms with E-state index in [1.807, 2.05) is 17.7 Å². The Balaban J connectivity index is 2.71. The van der Waals surface area contributed by atoms with Crippen LogP contribution in [0.4, 0.5) is 0 Å². The lowest BCUT2D eigenvalue weighted by molar-refractivity contribution is 0.978. The van der Waals surface area contributed by atoms with Crippen LogP contribution in [0, 0.1) is 25.5 Å². The van der Waals surface area contributed by atoms with Crippen molar-refractivity contribution in [2.75, 3.05) is 0 Å². The summed E-state index contributed by atoms with van der Waals surface area (Å²) >= 11 is 8.84. The highest BCUT2D eigenvalue weighted by Crippen LogP contribution is 2.25. The molecule has 2 rings (SSSR count). The second-order valence-electron chi connectivity index (χ2n) is 3.96. The predicted molar refractivity (Wildman–Crippen MR) is 72.9 cm³/mol. The van der Waals surface area contributed by atoms with Gasteiger partial charge >= 0.3 is 0 Å². The van der Waals surface area contributed by atoms with E-state index in [0.29, 0.717) is 0 Å². The Labute approximate surface area is 108 Å². The molecule has 0 aliphatic heterocycles. The van der Waals surface area contributed by atoms with Gasteiger partial charge in [-0.3, -0.25) is 4.57 Å². The lowest BCUT2D eigenvalue weighted by atomic mass is 10.1. The van der Waals surface area contributed by atoms with Crippen molar-refractivity contribution >= 4 is 28.1 Å². The first-order valence-electron chi connectivity index (χ1n) is 5.05. The zero-order valence-corrected chi connectivity index (χ0v) is 11.9. The molecule has 0 atom stereocenters. The van der Waals surface area contributed by atoms with Crippen molar-refractivity contribution in [3.8, 4) is 5.69 Å². The Morgan fingerprint density at radius 1 is 1.19 bits per heavy atom. The molecule has 0 aliphatic carbocycles. The second kappa shape index (κ2) is 4.18. The molecule has 0 saturated carbocycles. The van der Waals surface area contributed by atoms with Crippen LogP contribution in [-0.4, -0.2) is 9.55 Å². The van der Waals surface area contributed by atoms with Gasteiger partial charge in [-0.1, -0.05) is 15.9 Å². The maximum Gasteiger partial charge on any atom is 0.182 e. The van der Waals surface area contributed by atoms with Crippen LogP contribution in [0.3, 0.4) is 0 Å². The number of nitrogens with zero attached hydrogens (tertiary/aromatic N) is 1. The van der Waals surface area contributed by atoms with E-state index in [0.717, 1.165) is 20.6 Å². The Bertz CT molecular complexity index is 572. The number of halogens is 1. The number of aromatic nitrogens is 2. The fourth-order valence-electron chi connectivity index (χ4n) is 1.83. The van der Waals surface area contributed by atoms with Gasteiger partial charge in [0.25, 0.3) is 0 Å². The van der Waals surface area contributed by atoms with E-state index in [1.165, 1.54) is 11.1 Å². The Morgan fingerprint density at radius 2 is 1.75 bits per heavy atom. The maximum absolute atomic E-state index is 5.27. The molecule has 0 unspecified atom stereocenters. The normalized spacial score (nSPS) is 10.8. The van der Waals surface area contributed by atoms with Crippen molar-refractivity contribution in [1.29, 1.82) is 0 Å². The van der Waals surface area contributed by atoms with Gasteiger partial charge in [-0.25, -0.2) is 0 Å². The maximum atomic E-state index is 5.27. The molecule has 0 radical (unpaired) electrons. The molecular weight excluding hydrogens is 284 g/mol. The average Bonchev–Trinajstić information content (AvgIpc) is 2.54. The van der Waals surface area contributed by atoms with E-state index < -0.39 is 0 Å². The third kappa shape index (κ3) is 1.87. The molecule has 4 heteroatoms. The van der Waals surface area contributed by atoms with Crippen LogP contribution in [0.2, 0.25) is 0 Å². The zero-order chi connectivity index (χ0) is 11.9. The van der Waals surface area contributed by atoms with E-state index in [9.17, 15) is 0 Å². The van der Waals surface area contributed by atoms with Gasteiger partial charge in [-0.2, -0.15) is 0 Å². The quantitative estimate of drug-likeness (QED) is 0.781. The molecule has 1 heterocycles. The first-order valence-corrected chi connectivity index (χ1v) is 6.25. The number of nitrogens with one attached hydrogen (secondary N) is 1. The van der Waals surface area contributed by atoms with Crippen molar-refractivity contribution in [2.45, 2.75) is 20.8 Å². The lowest BCUT2D eigenvalue weighted by Gasteiger charge is -2.10. The van der Waals surface area contributed by atoms with Crippen LogP contribution in [0.25, 0.3) is 5.69 Å². The highest BCUT2D eigenvalue weighted by atomic mass is 79.9. The van der Waals surface area contributed by atoms with Gasteiger partial charge in [0.1, 0.15) is 0 Å². The molecule has 1 aromatic heterocycles. The van der Waals surface area contributed by atoms with Crippen molar-refractivity contribution in [2.24, 2.45) is 0 Å². The number of imidazole rings is 1. The number of benzene rings is 1. The van der Waals surface area contributed by atoms with E-state index in [4.69, 9.17) is 12.2 Å². The van der Waals surface area contributed by atoms with Gasteiger partial charge in [0.2, 0.25) is 0 Å². The summed E-state index contributed by atoms with van der Waals surface area (Å²) < 4.78 is 3.94. The summed E-state index contributed by atoms with van der Waals surface area (Å²) in [6.45, 7) is 6.22. The molecule has 0 aliphatic rings. The van der Waals surface area contributed by atoms with Gasteiger partial charge in [-0.05, 0) is 56.2 Å². The summed E-state index contributed by atoms with van der Waals surface area (Å²) in [5.41, 5.74) is 4.67. The summed E-state index contributed by atoms with van der Waals surface area (Å²) in [7, 11) is 0. The fraction of sp³-hybridized carbons (Fsp3) is 0.250. The molecule has 84 valence electrons. The third-order valence-electron chi connectivity index (χ3n) is 2.64. The average molecular weight is 297 g/mol. The first kappa shape index (κ1) is 11.6. The zero-order valence-electron chi connectivity index (χ0n) is 9.47. The third-order valence-corrected chi connectivity index (χ3v) is 4.19. The molecule has 0 fully saturated rings. The summed E-state index contributed by atoms with van der Waals surface area (Å²) in [4.78, 5) is 3.05. The molecule has 16 heavy (non-hydrogen) atoms. The van der Waals surface area contributed by atoms with Crippen LogP contribution in [-0.2, 0) is 0 Å². The summed E-state index contributed by atoms with van der Waals surface area (Å²) in [6.07, 6.45) is 1.93. The number of hydrogen-bond acceptors (Lipinski definition) is 1. The van der Waals surface area contributed by atoms with Gasteiger partial charge in [0.05, 0.1) is 0 Å². The fourth-order valence-corrected chi connectivity index (χ4v) is 2.37. The minimum absolute atomic E-state index is 0.735. The smallest absolute Gasteiger partial charge is 0.182 e. The molecule has 0 saturated heterocycles. The highest BCUT2D eigenvalue weighted by molar-refractivity contribution is 9.10. The largest absolute Gasteiger partial charge is 0.337 e. The van der Waals surface area contributed by atoms with Crippen molar-refractivity contribution < 1.29 is 0 Å². The predicted octanol–water partition coefficient (Wildman–Crippen LogP) is 4.22. The molecule has 1 N–H and O–H groups in total. The number of aryl methyl sites for hydroxylation is 3. The SMILES string of the molecule is Cc1cc(-n2c(C)c[nH]c2=S)cc(C)c1Br. The molecule has 0 amide bonds. The Hall–Kier alpha value is -0.870. The molecular formula is C12H13BrN2S. The van der Waals surface area contributed by atoms with Gasteiger partial charge in [0, 0.05) is 22.1 Å². The highest BCUT2D eigenvalue weighted by Gasteiger charge is 2.06. The van der Waals surface area contributed by atoms with Crippen LogP contribution in [0.5, 0.6) is 0 Å². The van der Waals surface area contributed by atoms with Crippen molar-refractivity contribution in [3.63, 3.8) is 0 Å². The van der Waals surface area contributed by atoms with Gasteiger partial charge in [-0.15, -0.1) is 0 Å². The number of H-pyrrole nitrogens is 1. The molecule has 2 nitrogen and oxygen atoms in total. The lowest BCUT2D eigenvalue weighted by Crippen LogP contribution is -1.98. The molecule has 1 aromatic carbocycles. The van der Waals surface area contributed by atoms with Crippen molar-refractivity contribution in [1.82, 2.24) is 9.55 Å². The van der Waals surface area contributed by atoms with Gasteiger partial charge < -0.3 is 4.98 Å². The summed E-state index contributed by atoms with van der Waals surface area (Å²) in [6, 6.07) is 4.27. The van der Waals surface area contributed by atoms with Crippen LogP contribution in [0.15, 0.2) is 22.8 Å². The van der Waals surface area contributed by atoms with Gasteiger partial charge in [0.15, 0.2) is 4.77 Å². The summed E-state index contributed by atoms with van der Waals surface area (Å²) in [5.74, 6) is 0. The number of rotatable bonds is 1. The van der Waals surface area contributed by atoms with Crippen LogP contribution in [0.1, 0.15) is 16.8 Å². The minimum atomic E-state index is 0.735. The first-order chi connectivity index (χ1) is 7.50. The standard InChI is InChI=1S/C12H13BrN2S/c1-7-4-10(5-8(2)11(7)13)15-9(3)6-14-12(15)16/h4-6H,1-3H3,(H,14,16). The minimum Gasteiger partial charge on any atom is -0.337 e. The molecule has 0 spiro atoms.